The smallest absolute Gasteiger partial charge is 0.195 e. The Kier molecular flexibility index (Phi) is 5.18. The number of nitrogens with two attached hydrogens (primary N) is 1. The number of aromatic nitrogens is 3. The van der Waals surface area contributed by atoms with Crippen LogP contribution in [-0.2, 0) is 0 Å². The molecule has 4 rings (SSSR count). The summed E-state index contributed by atoms with van der Waals surface area (Å²) in [5.74, 6) is 0.963. The van der Waals surface area contributed by atoms with E-state index >= 15 is 0 Å². The molecule has 0 unspecified atom stereocenters. The number of nitrogens with zero attached hydrogens (tertiary/aromatic N) is 3. The third-order valence-electron chi connectivity index (χ3n) is 5.06. The van der Waals surface area contributed by atoms with E-state index in [1.807, 2.05) is 31.2 Å². The maximum atomic E-state index is 14.2. The second-order valence-corrected chi connectivity index (χ2v) is 8.30. The second kappa shape index (κ2) is 7.59. The standard InChI is InChI=1S/C19H22FIN6/c1-11-17(24-14-8-4-13(22)5-9-14)26-19-16(20)10-23-27(19)18(11)25-15-6-2-12(21)3-7-15/h2-3,6-7,10,13-14,25H,4-5,8-9,22H2,1H3,(H,24,26)/t13-,14-. The van der Waals surface area contributed by atoms with E-state index in [1.165, 1.54) is 10.7 Å². The molecular formula is C19H22FIN6. The van der Waals surface area contributed by atoms with Gasteiger partial charge in [-0.25, -0.2) is 9.37 Å². The van der Waals surface area contributed by atoms with Crippen LogP contribution in [0.5, 0.6) is 0 Å². The zero-order chi connectivity index (χ0) is 19.0. The number of nitrogens with one attached hydrogen (secondary N) is 2. The molecule has 4 N–H and O–H groups in total. The molecule has 1 aliphatic rings. The highest BCUT2D eigenvalue weighted by Gasteiger charge is 2.22. The molecule has 0 aliphatic heterocycles. The lowest BCUT2D eigenvalue weighted by Crippen LogP contribution is -2.33. The highest BCUT2D eigenvalue weighted by Crippen LogP contribution is 2.29. The van der Waals surface area contributed by atoms with Crippen LogP contribution in [0.1, 0.15) is 31.2 Å². The summed E-state index contributed by atoms with van der Waals surface area (Å²) in [5, 5.41) is 11.0. The van der Waals surface area contributed by atoms with Gasteiger partial charge in [0.15, 0.2) is 11.5 Å². The van der Waals surface area contributed by atoms with Gasteiger partial charge < -0.3 is 16.4 Å². The largest absolute Gasteiger partial charge is 0.367 e. The lowest BCUT2D eigenvalue weighted by atomic mass is 9.92. The van der Waals surface area contributed by atoms with Gasteiger partial charge in [0.05, 0.1) is 6.20 Å². The summed E-state index contributed by atoms with van der Waals surface area (Å²) in [6.07, 6.45) is 5.18. The van der Waals surface area contributed by atoms with E-state index in [0.717, 1.165) is 40.5 Å². The van der Waals surface area contributed by atoms with Crippen molar-refractivity contribution in [2.24, 2.45) is 5.73 Å². The fourth-order valence-corrected chi connectivity index (χ4v) is 3.82. The summed E-state index contributed by atoms with van der Waals surface area (Å²) in [5.41, 5.74) is 8.03. The van der Waals surface area contributed by atoms with Crippen molar-refractivity contribution in [1.82, 2.24) is 14.6 Å². The maximum absolute atomic E-state index is 14.2. The third kappa shape index (κ3) is 3.86. The normalized spacial score (nSPS) is 20.0. The van der Waals surface area contributed by atoms with Gasteiger partial charge in [0.25, 0.3) is 0 Å². The minimum atomic E-state index is -0.436. The molecule has 0 amide bonds. The first-order valence-electron chi connectivity index (χ1n) is 9.10. The van der Waals surface area contributed by atoms with Crippen molar-refractivity contribution in [3.05, 3.63) is 45.4 Å². The van der Waals surface area contributed by atoms with E-state index < -0.39 is 5.82 Å². The molecule has 2 aromatic heterocycles. The molecule has 27 heavy (non-hydrogen) atoms. The van der Waals surface area contributed by atoms with Crippen molar-refractivity contribution in [1.29, 1.82) is 0 Å². The Balaban J connectivity index is 1.70. The third-order valence-corrected chi connectivity index (χ3v) is 5.78. The number of halogens is 2. The second-order valence-electron chi connectivity index (χ2n) is 7.05. The van der Waals surface area contributed by atoms with Crippen LogP contribution in [0.25, 0.3) is 5.65 Å². The Morgan fingerprint density at radius 3 is 2.59 bits per heavy atom. The van der Waals surface area contributed by atoms with Gasteiger partial charge in [0, 0.05) is 26.9 Å². The number of hydrogen-bond acceptors (Lipinski definition) is 5. The fraction of sp³-hybridized carbons (Fsp3) is 0.368. The van der Waals surface area contributed by atoms with Crippen LogP contribution >= 0.6 is 22.6 Å². The molecule has 0 bridgehead atoms. The van der Waals surface area contributed by atoms with Crippen molar-refractivity contribution < 1.29 is 4.39 Å². The highest BCUT2D eigenvalue weighted by atomic mass is 127. The molecule has 0 saturated heterocycles. The minimum absolute atomic E-state index is 0.212. The van der Waals surface area contributed by atoms with Crippen LogP contribution in [0.15, 0.2) is 30.5 Å². The van der Waals surface area contributed by atoms with Crippen LogP contribution in [0, 0.1) is 16.3 Å². The molecule has 0 radical (unpaired) electrons. The molecule has 3 aromatic rings. The van der Waals surface area contributed by atoms with E-state index in [9.17, 15) is 4.39 Å². The van der Waals surface area contributed by atoms with Gasteiger partial charge >= 0.3 is 0 Å². The number of anilines is 3. The summed E-state index contributed by atoms with van der Waals surface area (Å²) in [6.45, 7) is 1.97. The average Bonchev–Trinajstić information content (AvgIpc) is 3.02. The molecule has 8 heteroatoms. The number of benzene rings is 1. The first-order chi connectivity index (χ1) is 13.0. The van der Waals surface area contributed by atoms with Gasteiger partial charge in [-0.05, 0) is 79.5 Å². The van der Waals surface area contributed by atoms with Crippen molar-refractivity contribution in [2.75, 3.05) is 10.6 Å². The van der Waals surface area contributed by atoms with Crippen LogP contribution in [0.3, 0.4) is 0 Å². The first kappa shape index (κ1) is 18.4. The van der Waals surface area contributed by atoms with Gasteiger partial charge in [-0.2, -0.15) is 9.61 Å². The Labute approximate surface area is 170 Å². The van der Waals surface area contributed by atoms with E-state index in [2.05, 4.69) is 43.3 Å². The van der Waals surface area contributed by atoms with Crippen molar-refractivity contribution in [2.45, 2.75) is 44.7 Å². The monoisotopic (exact) mass is 480 g/mol. The molecule has 6 nitrogen and oxygen atoms in total. The minimum Gasteiger partial charge on any atom is -0.367 e. The summed E-state index contributed by atoms with van der Waals surface area (Å²) in [4.78, 5) is 4.51. The zero-order valence-corrected chi connectivity index (χ0v) is 17.2. The molecule has 1 aromatic carbocycles. The summed E-state index contributed by atoms with van der Waals surface area (Å²) >= 11 is 2.27. The van der Waals surface area contributed by atoms with E-state index in [0.29, 0.717) is 17.7 Å². The van der Waals surface area contributed by atoms with Gasteiger partial charge in [-0.15, -0.1) is 0 Å². The topological polar surface area (TPSA) is 80.3 Å². The van der Waals surface area contributed by atoms with Crippen LogP contribution in [0.4, 0.5) is 21.7 Å². The highest BCUT2D eigenvalue weighted by molar-refractivity contribution is 14.1. The fourth-order valence-electron chi connectivity index (χ4n) is 3.46. The lowest BCUT2D eigenvalue weighted by Gasteiger charge is -2.28. The van der Waals surface area contributed by atoms with Crippen molar-refractivity contribution in [3.8, 4) is 0 Å². The molecule has 142 valence electrons. The molecule has 1 fully saturated rings. The van der Waals surface area contributed by atoms with E-state index in [-0.39, 0.29) is 11.7 Å². The zero-order valence-electron chi connectivity index (χ0n) is 15.0. The maximum Gasteiger partial charge on any atom is 0.195 e. The predicted octanol–water partition coefficient (Wildman–Crippen LogP) is 4.21. The Morgan fingerprint density at radius 1 is 1.19 bits per heavy atom. The Hall–Kier alpha value is -1.94. The summed E-state index contributed by atoms with van der Waals surface area (Å²) in [7, 11) is 0. The summed E-state index contributed by atoms with van der Waals surface area (Å²) < 4.78 is 16.9. The van der Waals surface area contributed by atoms with Crippen LogP contribution in [0.2, 0.25) is 0 Å². The van der Waals surface area contributed by atoms with Crippen LogP contribution in [-0.4, -0.2) is 26.7 Å². The number of fused-ring (bicyclic) bond motifs is 1. The lowest BCUT2D eigenvalue weighted by molar-refractivity contribution is 0.410. The number of hydrogen-bond donors (Lipinski definition) is 3. The first-order valence-corrected chi connectivity index (χ1v) is 10.2. The van der Waals surface area contributed by atoms with Crippen LogP contribution < -0.4 is 16.4 Å². The van der Waals surface area contributed by atoms with Crippen molar-refractivity contribution >= 4 is 45.6 Å². The Bertz CT molecular complexity index is 947. The molecular weight excluding hydrogens is 458 g/mol. The van der Waals surface area contributed by atoms with E-state index in [1.54, 1.807) is 0 Å². The molecule has 1 saturated carbocycles. The molecule has 1 aliphatic carbocycles. The molecule has 0 spiro atoms. The number of rotatable bonds is 4. The van der Waals surface area contributed by atoms with Gasteiger partial charge in [0.2, 0.25) is 0 Å². The van der Waals surface area contributed by atoms with E-state index in [4.69, 9.17) is 5.73 Å². The average molecular weight is 480 g/mol. The van der Waals surface area contributed by atoms with Gasteiger partial charge in [0.1, 0.15) is 11.6 Å². The van der Waals surface area contributed by atoms with Gasteiger partial charge in [-0.1, -0.05) is 0 Å². The molecule has 2 heterocycles. The SMILES string of the molecule is Cc1c(N[C@H]2CC[C@H](N)CC2)nc2c(F)cnn2c1Nc1ccc(I)cc1. The quantitative estimate of drug-likeness (QED) is 0.488. The van der Waals surface area contributed by atoms with Gasteiger partial charge in [-0.3, -0.25) is 0 Å². The summed E-state index contributed by atoms with van der Waals surface area (Å²) in [6, 6.07) is 8.60. The molecule has 0 atom stereocenters. The Morgan fingerprint density at radius 2 is 1.89 bits per heavy atom. The van der Waals surface area contributed by atoms with Crippen molar-refractivity contribution in [3.63, 3.8) is 0 Å². The predicted molar refractivity (Wildman–Crippen MR) is 114 cm³/mol.